The van der Waals surface area contributed by atoms with Gasteiger partial charge in [0, 0.05) is 17.5 Å². The quantitative estimate of drug-likeness (QED) is 0.655. The number of nitrogens with zero attached hydrogens (tertiary/aromatic N) is 2. The summed E-state index contributed by atoms with van der Waals surface area (Å²) < 4.78 is 17.8. The molecule has 0 spiro atoms. The molecule has 3 rings (SSSR count). The number of nitrogens with one attached hydrogen (secondary N) is 1. The average Bonchev–Trinajstić information content (AvgIpc) is 3.12. The second kappa shape index (κ2) is 7.75. The van der Waals surface area contributed by atoms with Gasteiger partial charge in [-0.2, -0.15) is 5.10 Å². The molecule has 2 heterocycles. The highest BCUT2D eigenvalue weighted by Gasteiger charge is 2.20. The maximum Gasteiger partial charge on any atom is 0.340 e. The Bertz CT molecular complexity index is 1080. The van der Waals surface area contributed by atoms with Crippen LogP contribution in [0.25, 0.3) is 11.0 Å². The lowest BCUT2D eigenvalue weighted by molar-refractivity contribution is -0.115. The van der Waals surface area contributed by atoms with Crippen LogP contribution in [0.4, 0.5) is 5.82 Å². The van der Waals surface area contributed by atoms with E-state index in [1.807, 2.05) is 13.8 Å². The van der Waals surface area contributed by atoms with Gasteiger partial charge in [-0.3, -0.25) is 4.79 Å². The summed E-state index contributed by atoms with van der Waals surface area (Å²) in [5.74, 6) is 1.06. The number of benzene rings is 1. The van der Waals surface area contributed by atoms with Crippen molar-refractivity contribution in [1.82, 2.24) is 9.78 Å². The SMILES string of the molecule is COc1ccc2c(C)c(CC(=O)Nc3ccnn3C(C)C)c(=O)oc2c1OC. The van der Waals surface area contributed by atoms with Gasteiger partial charge in [-0.05, 0) is 38.5 Å². The van der Waals surface area contributed by atoms with Crippen molar-refractivity contribution < 1.29 is 18.7 Å². The van der Waals surface area contributed by atoms with Crippen LogP contribution in [-0.4, -0.2) is 29.9 Å². The van der Waals surface area contributed by atoms with E-state index in [2.05, 4.69) is 10.4 Å². The van der Waals surface area contributed by atoms with Gasteiger partial charge in [0.05, 0.1) is 32.4 Å². The minimum absolute atomic E-state index is 0.0974. The van der Waals surface area contributed by atoms with Gasteiger partial charge < -0.3 is 19.2 Å². The predicted octanol–water partition coefficient (Wildman–Crippen LogP) is 3.08. The number of carbonyl (C=O) groups is 1. The number of ether oxygens (including phenoxy) is 2. The van der Waals surface area contributed by atoms with Gasteiger partial charge in [0.2, 0.25) is 11.7 Å². The molecular formula is C20H23N3O5. The number of anilines is 1. The maximum atomic E-state index is 12.6. The first-order valence-electron chi connectivity index (χ1n) is 8.88. The molecule has 1 aromatic carbocycles. The van der Waals surface area contributed by atoms with E-state index in [0.717, 1.165) is 0 Å². The Morgan fingerprint density at radius 3 is 2.64 bits per heavy atom. The van der Waals surface area contributed by atoms with Gasteiger partial charge >= 0.3 is 5.63 Å². The monoisotopic (exact) mass is 385 g/mol. The van der Waals surface area contributed by atoms with Crippen molar-refractivity contribution in [2.45, 2.75) is 33.2 Å². The van der Waals surface area contributed by atoms with Gasteiger partial charge in [-0.15, -0.1) is 0 Å². The Hall–Kier alpha value is -3.29. The Morgan fingerprint density at radius 1 is 1.25 bits per heavy atom. The normalized spacial score (nSPS) is 11.1. The first-order chi connectivity index (χ1) is 13.4. The molecule has 0 unspecified atom stereocenters. The van der Waals surface area contributed by atoms with E-state index in [4.69, 9.17) is 13.9 Å². The molecule has 0 atom stereocenters. The summed E-state index contributed by atoms with van der Waals surface area (Å²) in [6.07, 6.45) is 1.51. The third-order valence-corrected chi connectivity index (χ3v) is 4.56. The zero-order valence-electron chi connectivity index (χ0n) is 16.5. The highest BCUT2D eigenvalue weighted by molar-refractivity contribution is 5.93. The Labute approximate surface area is 162 Å². The zero-order valence-corrected chi connectivity index (χ0v) is 16.5. The van der Waals surface area contributed by atoms with Crippen molar-refractivity contribution in [3.63, 3.8) is 0 Å². The maximum absolute atomic E-state index is 12.6. The molecule has 0 aliphatic carbocycles. The van der Waals surface area contributed by atoms with E-state index < -0.39 is 5.63 Å². The van der Waals surface area contributed by atoms with Crippen LogP contribution < -0.4 is 20.4 Å². The molecule has 0 saturated carbocycles. The highest BCUT2D eigenvalue weighted by atomic mass is 16.5. The molecule has 3 aromatic rings. The number of aryl methyl sites for hydroxylation is 1. The van der Waals surface area contributed by atoms with E-state index >= 15 is 0 Å². The van der Waals surface area contributed by atoms with Crippen LogP contribution in [0.2, 0.25) is 0 Å². The minimum atomic E-state index is -0.580. The predicted molar refractivity (Wildman–Crippen MR) is 105 cm³/mol. The second-order valence-electron chi connectivity index (χ2n) is 6.65. The van der Waals surface area contributed by atoms with Crippen LogP contribution >= 0.6 is 0 Å². The van der Waals surface area contributed by atoms with E-state index in [9.17, 15) is 9.59 Å². The van der Waals surface area contributed by atoms with E-state index in [1.54, 1.807) is 36.0 Å². The summed E-state index contributed by atoms with van der Waals surface area (Å²) >= 11 is 0. The van der Waals surface area contributed by atoms with Crippen LogP contribution in [0.3, 0.4) is 0 Å². The largest absolute Gasteiger partial charge is 0.493 e. The Balaban J connectivity index is 1.96. The zero-order chi connectivity index (χ0) is 20.4. The van der Waals surface area contributed by atoms with E-state index in [-0.39, 0.29) is 18.4 Å². The van der Waals surface area contributed by atoms with Crippen LogP contribution in [0.1, 0.15) is 31.0 Å². The van der Waals surface area contributed by atoms with Gasteiger partial charge in [-0.1, -0.05) is 0 Å². The fraction of sp³-hybridized carbons (Fsp3) is 0.350. The Morgan fingerprint density at radius 2 is 2.00 bits per heavy atom. The number of aromatic nitrogens is 2. The van der Waals surface area contributed by atoms with Crippen LogP contribution in [0.15, 0.2) is 33.6 Å². The van der Waals surface area contributed by atoms with Crippen molar-refractivity contribution >= 4 is 22.7 Å². The smallest absolute Gasteiger partial charge is 0.340 e. The average molecular weight is 385 g/mol. The lowest BCUT2D eigenvalue weighted by Gasteiger charge is -2.14. The molecule has 0 radical (unpaired) electrons. The lowest BCUT2D eigenvalue weighted by Crippen LogP contribution is -2.22. The number of methoxy groups -OCH3 is 2. The van der Waals surface area contributed by atoms with E-state index in [0.29, 0.717) is 39.4 Å². The topological polar surface area (TPSA) is 95.6 Å². The number of rotatable bonds is 6. The number of hydrogen-bond acceptors (Lipinski definition) is 6. The van der Waals surface area contributed by atoms with Crippen molar-refractivity contribution in [2.24, 2.45) is 0 Å². The molecule has 8 nitrogen and oxygen atoms in total. The van der Waals surface area contributed by atoms with Gasteiger partial charge in [0.15, 0.2) is 11.3 Å². The third kappa shape index (κ3) is 3.45. The summed E-state index contributed by atoms with van der Waals surface area (Å²) in [7, 11) is 2.99. The van der Waals surface area contributed by atoms with Gasteiger partial charge in [0.25, 0.3) is 0 Å². The summed E-state index contributed by atoms with van der Waals surface area (Å²) in [6.45, 7) is 5.71. The molecule has 1 N–H and O–H groups in total. The number of carbonyl (C=O) groups excluding carboxylic acids is 1. The summed E-state index contributed by atoms with van der Waals surface area (Å²) in [5, 5.41) is 7.67. The molecule has 1 amide bonds. The van der Waals surface area contributed by atoms with Gasteiger partial charge in [-0.25, -0.2) is 9.48 Å². The standard InChI is InChI=1S/C20H23N3O5/c1-11(2)23-16(8-9-21-23)22-17(24)10-14-12(3)13-6-7-15(26-4)19(27-5)18(13)28-20(14)25/h6-9,11H,10H2,1-5H3,(H,22,24). The van der Waals surface area contributed by atoms with Crippen LogP contribution in [0.5, 0.6) is 11.5 Å². The molecule has 148 valence electrons. The number of amides is 1. The molecular weight excluding hydrogens is 362 g/mol. The van der Waals surface area contributed by atoms with Gasteiger partial charge in [0.1, 0.15) is 5.82 Å². The summed E-state index contributed by atoms with van der Waals surface area (Å²) in [4.78, 5) is 25.1. The molecule has 8 heteroatoms. The van der Waals surface area contributed by atoms with Crippen molar-refractivity contribution in [2.75, 3.05) is 19.5 Å². The van der Waals surface area contributed by atoms with Crippen molar-refractivity contribution in [3.05, 3.63) is 45.9 Å². The molecule has 0 bridgehead atoms. The van der Waals surface area contributed by atoms with Crippen molar-refractivity contribution in [1.29, 1.82) is 0 Å². The van der Waals surface area contributed by atoms with Crippen LogP contribution in [-0.2, 0) is 11.2 Å². The highest BCUT2D eigenvalue weighted by Crippen LogP contribution is 2.36. The number of fused-ring (bicyclic) bond motifs is 1. The molecule has 0 aliphatic rings. The summed E-state index contributed by atoms with van der Waals surface area (Å²) in [5.41, 5.74) is 0.683. The lowest BCUT2D eigenvalue weighted by atomic mass is 10.0. The van der Waals surface area contributed by atoms with E-state index in [1.165, 1.54) is 14.2 Å². The Kier molecular flexibility index (Phi) is 5.39. The summed E-state index contributed by atoms with van der Waals surface area (Å²) in [6, 6.07) is 5.33. The molecule has 28 heavy (non-hydrogen) atoms. The van der Waals surface area contributed by atoms with Crippen LogP contribution in [0, 0.1) is 6.92 Å². The molecule has 0 fully saturated rings. The molecule has 0 aliphatic heterocycles. The minimum Gasteiger partial charge on any atom is -0.493 e. The molecule has 0 saturated heterocycles. The second-order valence-corrected chi connectivity index (χ2v) is 6.65. The molecule has 2 aromatic heterocycles. The third-order valence-electron chi connectivity index (χ3n) is 4.56. The fourth-order valence-corrected chi connectivity index (χ4v) is 3.14. The first kappa shape index (κ1) is 19.5. The fourth-order valence-electron chi connectivity index (χ4n) is 3.14. The number of hydrogen-bond donors (Lipinski definition) is 1. The first-order valence-corrected chi connectivity index (χ1v) is 8.88. The van der Waals surface area contributed by atoms with Crippen molar-refractivity contribution in [3.8, 4) is 11.5 Å².